The summed E-state index contributed by atoms with van der Waals surface area (Å²) in [6.45, 7) is 4.78. The van der Waals surface area contributed by atoms with Gasteiger partial charge in [-0.3, -0.25) is 0 Å². The van der Waals surface area contributed by atoms with Gasteiger partial charge in [0.1, 0.15) is 11.3 Å². The van der Waals surface area contributed by atoms with Gasteiger partial charge < -0.3 is 9.73 Å². The largest absolute Gasteiger partial charge is 0.439 e. The van der Waals surface area contributed by atoms with Crippen molar-refractivity contribution in [3.63, 3.8) is 0 Å². The van der Waals surface area contributed by atoms with Crippen LogP contribution in [0.4, 0.5) is 0 Å². The van der Waals surface area contributed by atoms with Crippen LogP contribution in [0.1, 0.15) is 16.8 Å². The minimum atomic E-state index is 0.638. The molecule has 2 heterocycles. The summed E-state index contributed by atoms with van der Waals surface area (Å²) in [5.41, 5.74) is 3.20. The van der Waals surface area contributed by atoms with Gasteiger partial charge in [0.2, 0.25) is 0 Å². The lowest BCUT2D eigenvalue weighted by Gasteiger charge is -2.05. The molecule has 0 aromatic carbocycles. The number of aromatic nitrogens is 2. The molecule has 0 spiro atoms. The van der Waals surface area contributed by atoms with Gasteiger partial charge in [-0.1, -0.05) is 6.07 Å². The highest BCUT2D eigenvalue weighted by Gasteiger charge is 2.08. The van der Waals surface area contributed by atoms with Crippen LogP contribution in [0.2, 0.25) is 0 Å². The van der Waals surface area contributed by atoms with E-state index in [-0.39, 0.29) is 0 Å². The molecule has 2 aromatic rings. The zero-order valence-electron chi connectivity index (χ0n) is 10.2. The Morgan fingerprint density at radius 3 is 2.82 bits per heavy atom. The Morgan fingerprint density at radius 1 is 1.41 bits per heavy atom. The van der Waals surface area contributed by atoms with Gasteiger partial charge in [0.25, 0.3) is 5.22 Å². The van der Waals surface area contributed by atoms with Crippen molar-refractivity contribution in [2.24, 2.45) is 0 Å². The summed E-state index contributed by atoms with van der Waals surface area (Å²) in [5, 5.41) is 4.68. The summed E-state index contributed by atoms with van der Waals surface area (Å²) in [5.74, 6) is 0. The minimum Gasteiger partial charge on any atom is -0.439 e. The molecule has 0 aliphatic carbocycles. The molecule has 0 fully saturated rings. The molecule has 0 bridgehead atoms. The predicted octanol–water partition coefficient (Wildman–Crippen LogP) is 2.56. The fraction of sp³-hybridized carbons (Fsp3) is 0.333. The Balaban J connectivity index is 2.16. The molecule has 90 valence electrons. The second-order valence-corrected chi connectivity index (χ2v) is 4.79. The SMILES string of the molecule is CNCc1cnc(Sc2nc(C)co2)c(C)c1. The van der Waals surface area contributed by atoms with Crippen molar-refractivity contribution in [3.8, 4) is 0 Å². The lowest BCUT2D eigenvalue weighted by Crippen LogP contribution is -2.05. The molecule has 0 aliphatic heterocycles. The highest BCUT2D eigenvalue weighted by molar-refractivity contribution is 7.99. The van der Waals surface area contributed by atoms with Crippen molar-refractivity contribution in [1.82, 2.24) is 15.3 Å². The summed E-state index contributed by atoms with van der Waals surface area (Å²) in [4.78, 5) is 8.67. The fourth-order valence-corrected chi connectivity index (χ4v) is 2.27. The summed E-state index contributed by atoms with van der Waals surface area (Å²) >= 11 is 1.45. The number of aryl methyl sites for hydroxylation is 2. The maximum absolute atomic E-state index is 5.30. The molecular weight excluding hydrogens is 234 g/mol. The van der Waals surface area contributed by atoms with Crippen LogP contribution in [-0.4, -0.2) is 17.0 Å². The number of nitrogens with zero attached hydrogens (tertiary/aromatic N) is 2. The maximum Gasteiger partial charge on any atom is 0.262 e. The Hall–Kier alpha value is -1.33. The standard InChI is InChI=1S/C12H15N3OS/c1-8-4-10(5-13-3)6-14-11(8)17-12-15-9(2)7-16-12/h4,6-7,13H,5H2,1-3H3. The van der Waals surface area contributed by atoms with E-state index in [1.54, 1.807) is 6.26 Å². The molecular formula is C12H15N3OS. The van der Waals surface area contributed by atoms with E-state index in [2.05, 4.69) is 21.4 Å². The molecule has 0 atom stereocenters. The summed E-state index contributed by atoms with van der Waals surface area (Å²) in [6, 6.07) is 2.13. The lowest BCUT2D eigenvalue weighted by atomic mass is 10.2. The molecule has 5 heteroatoms. The van der Waals surface area contributed by atoms with Crippen molar-refractivity contribution in [1.29, 1.82) is 0 Å². The third-order valence-corrected chi connectivity index (χ3v) is 3.23. The van der Waals surface area contributed by atoms with E-state index in [9.17, 15) is 0 Å². The monoisotopic (exact) mass is 249 g/mol. The summed E-state index contributed by atoms with van der Waals surface area (Å²) < 4.78 is 5.30. The molecule has 17 heavy (non-hydrogen) atoms. The normalized spacial score (nSPS) is 10.8. The number of hydrogen-bond donors (Lipinski definition) is 1. The maximum atomic E-state index is 5.30. The van der Waals surface area contributed by atoms with Gasteiger partial charge in [0, 0.05) is 12.7 Å². The fourth-order valence-electron chi connectivity index (χ4n) is 1.49. The number of pyridine rings is 1. The van der Waals surface area contributed by atoms with Crippen LogP contribution in [0.15, 0.2) is 33.2 Å². The summed E-state index contributed by atoms with van der Waals surface area (Å²) in [6.07, 6.45) is 3.52. The Bertz CT molecular complexity index is 510. The first-order valence-electron chi connectivity index (χ1n) is 5.39. The van der Waals surface area contributed by atoms with Crippen LogP contribution >= 0.6 is 11.8 Å². The quantitative estimate of drug-likeness (QED) is 0.902. The number of oxazole rings is 1. The molecule has 1 N–H and O–H groups in total. The predicted molar refractivity (Wildman–Crippen MR) is 67.1 cm³/mol. The van der Waals surface area contributed by atoms with Gasteiger partial charge in [-0.2, -0.15) is 0 Å². The average molecular weight is 249 g/mol. The topological polar surface area (TPSA) is 51.0 Å². The van der Waals surface area contributed by atoms with Gasteiger partial charge in [-0.25, -0.2) is 9.97 Å². The second kappa shape index (κ2) is 5.33. The molecule has 0 unspecified atom stereocenters. The third kappa shape index (κ3) is 3.08. The van der Waals surface area contributed by atoms with E-state index in [0.717, 1.165) is 22.8 Å². The van der Waals surface area contributed by atoms with Crippen molar-refractivity contribution >= 4 is 11.8 Å². The second-order valence-electron chi connectivity index (χ2n) is 3.85. The van der Waals surface area contributed by atoms with E-state index >= 15 is 0 Å². The zero-order chi connectivity index (χ0) is 12.3. The van der Waals surface area contributed by atoms with Crippen molar-refractivity contribution in [3.05, 3.63) is 35.3 Å². The van der Waals surface area contributed by atoms with E-state index in [4.69, 9.17) is 4.42 Å². The lowest BCUT2D eigenvalue weighted by molar-refractivity contribution is 0.453. The average Bonchev–Trinajstić information content (AvgIpc) is 2.69. The van der Waals surface area contributed by atoms with Crippen LogP contribution < -0.4 is 5.32 Å². The Morgan fingerprint density at radius 2 is 2.24 bits per heavy atom. The van der Waals surface area contributed by atoms with Gasteiger partial charge in [-0.15, -0.1) is 0 Å². The van der Waals surface area contributed by atoms with Gasteiger partial charge in [0.05, 0.1) is 5.69 Å². The number of hydrogen-bond acceptors (Lipinski definition) is 5. The molecule has 2 aromatic heterocycles. The summed E-state index contributed by atoms with van der Waals surface area (Å²) in [7, 11) is 1.92. The number of rotatable bonds is 4. The smallest absolute Gasteiger partial charge is 0.262 e. The van der Waals surface area contributed by atoms with Crippen molar-refractivity contribution in [2.75, 3.05) is 7.05 Å². The minimum absolute atomic E-state index is 0.638. The molecule has 2 rings (SSSR count). The van der Waals surface area contributed by atoms with Crippen LogP contribution in [0.3, 0.4) is 0 Å². The Labute approximate surface area is 105 Å². The molecule has 0 aliphatic rings. The van der Waals surface area contributed by atoms with E-state index in [1.165, 1.54) is 17.3 Å². The first kappa shape index (κ1) is 12.1. The molecule has 0 radical (unpaired) electrons. The third-order valence-electron chi connectivity index (χ3n) is 2.25. The van der Waals surface area contributed by atoms with Crippen LogP contribution in [0.25, 0.3) is 0 Å². The highest BCUT2D eigenvalue weighted by Crippen LogP contribution is 2.27. The van der Waals surface area contributed by atoms with Crippen molar-refractivity contribution < 1.29 is 4.42 Å². The van der Waals surface area contributed by atoms with Gasteiger partial charge in [-0.05, 0) is 43.8 Å². The van der Waals surface area contributed by atoms with E-state index < -0.39 is 0 Å². The molecule has 4 nitrogen and oxygen atoms in total. The number of nitrogens with one attached hydrogen (secondary N) is 1. The van der Waals surface area contributed by atoms with E-state index in [1.807, 2.05) is 27.1 Å². The van der Waals surface area contributed by atoms with E-state index in [0.29, 0.717) is 5.22 Å². The Kier molecular flexibility index (Phi) is 3.81. The van der Waals surface area contributed by atoms with Gasteiger partial charge >= 0.3 is 0 Å². The molecule has 0 amide bonds. The van der Waals surface area contributed by atoms with Crippen LogP contribution in [0, 0.1) is 13.8 Å². The first-order chi connectivity index (χ1) is 8.19. The zero-order valence-corrected chi connectivity index (χ0v) is 11.0. The van der Waals surface area contributed by atoms with Crippen LogP contribution in [0.5, 0.6) is 0 Å². The first-order valence-corrected chi connectivity index (χ1v) is 6.21. The van der Waals surface area contributed by atoms with Crippen LogP contribution in [-0.2, 0) is 6.54 Å². The molecule has 0 saturated carbocycles. The molecule has 0 saturated heterocycles. The van der Waals surface area contributed by atoms with Gasteiger partial charge in [0.15, 0.2) is 0 Å². The van der Waals surface area contributed by atoms with Crippen molar-refractivity contribution in [2.45, 2.75) is 30.6 Å². The highest BCUT2D eigenvalue weighted by atomic mass is 32.2.